The monoisotopic (exact) mass is 304 g/mol. The Balaban J connectivity index is 1.62. The number of halogens is 1. The van der Waals surface area contributed by atoms with Gasteiger partial charge in [0, 0.05) is 30.2 Å². The third-order valence-electron chi connectivity index (χ3n) is 4.75. The molecule has 1 aromatic rings. The van der Waals surface area contributed by atoms with Gasteiger partial charge in [-0.25, -0.2) is 0 Å². The Kier molecular flexibility index (Phi) is 4.32. The summed E-state index contributed by atoms with van der Waals surface area (Å²) < 4.78 is 0. The van der Waals surface area contributed by atoms with Gasteiger partial charge in [-0.15, -0.1) is 0 Å². The molecule has 0 radical (unpaired) electrons. The predicted octanol–water partition coefficient (Wildman–Crippen LogP) is 2.94. The van der Waals surface area contributed by atoms with Gasteiger partial charge in [0.05, 0.1) is 0 Å². The molecule has 112 valence electrons. The highest BCUT2D eigenvalue weighted by Crippen LogP contribution is 2.35. The van der Waals surface area contributed by atoms with Crippen molar-refractivity contribution in [1.82, 2.24) is 4.90 Å². The minimum atomic E-state index is 0.0894. The van der Waals surface area contributed by atoms with Crippen LogP contribution in [0.2, 0.25) is 5.02 Å². The van der Waals surface area contributed by atoms with Crippen LogP contribution in [0.1, 0.15) is 24.8 Å². The smallest absolute Gasteiger partial charge is 0.246 e. The highest BCUT2D eigenvalue weighted by molar-refractivity contribution is 6.30. The summed E-state index contributed by atoms with van der Waals surface area (Å²) in [7, 11) is 0. The lowest BCUT2D eigenvalue weighted by Crippen LogP contribution is -2.38. The van der Waals surface area contributed by atoms with Crippen LogP contribution in [0.4, 0.5) is 0 Å². The average Bonchev–Trinajstić information content (AvgIpc) is 2.92. The molecule has 2 fully saturated rings. The molecular formula is C17H21ClN2O. The van der Waals surface area contributed by atoms with E-state index >= 15 is 0 Å². The van der Waals surface area contributed by atoms with Crippen LogP contribution in [-0.2, 0) is 4.79 Å². The number of benzene rings is 1. The maximum atomic E-state index is 12.3. The number of nitrogens with two attached hydrogens (primary N) is 1. The molecule has 0 spiro atoms. The van der Waals surface area contributed by atoms with Crippen molar-refractivity contribution in [2.24, 2.45) is 17.6 Å². The fraction of sp³-hybridized carbons (Fsp3) is 0.471. The van der Waals surface area contributed by atoms with Gasteiger partial charge in [-0.3, -0.25) is 4.79 Å². The summed E-state index contributed by atoms with van der Waals surface area (Å²) in [4.78, 5) is 14.3. The fourth-order valence-corrected chi connectivity index (χ4v) is 3.67. The van der Waals surface area contributed by atoms with Crippen molar-refractivity contribution in [3.63, 3.8) is 0 Å². The van der Waals surface area contributed by atoms with E-state index in [-0.39, 0.29) is 11.9 Å². The van der Waals surface area contributed by atoms with Crippen LogP contribution >= 0.6 is 11.6 Å². The first-order valence-corrected chi connectivity index (χ1v) is 7.99. The van der Waals surface area contributed by atoms with Crippen LogP contribution < -0.4 is 5.73 Å². The first-order valence-electron chi connectivity index (χ1n) is 7.61. The van der Waals surface area contributed by atoms with Gasteiger partial charge in [0.2, 0.25) is 5.91 Å². The molecule has 0 aromatic heterocycles. The summed E-state index contributed by atoms with van der Waals surface area (Å²) in [6.07, 6.45) is 7.02. The second kappa shape index (κ2) is 6.20. The topological polar surface area (TPSA) is 46.3 Å². The number of carbonyl (C=O) groups excluding carboxylic acids is 1. The first kappa shape index (κ1) is 14.6. The van der Waals surface area contributed by atoms with Crippen LogP contribution in [0.5, 0.6) is 0 Å². The number of amides is 1. The summed E-state index contributed by atoms with van der Waals surface area (Å²) in [6, 6.07) is 7.74. The average molecular weight is 305 g/mol. The van der Waals surface area contributed by atoms with Crippen molar-refractivity contribution in [2.45, 2.75) is 25.3 Å². The zero-order chi connectivity index (χ0) is 14.8. The zero-order valence-corrected chi connectivity index (χ0v) is 12.8. The molecule has 1 saturated heterocycles. The van der Waals surface area contributed by atoms with Crippen molar-refractivity contribution < 1.29 is 4.79 Å². The Morgan fingerprint density at radius 1 is 1.24 bits per heavy atom. The number of carbonyl (C=O) groups is 1. The van der Waals surface area contributed by atoms with Gasteiger partial charge in [-0.1, -0.05) is 30.2 Å². The van der Waals surface area contributed by atoms with Crippen molar-refractivity contribution in [3.8, 4) is 0 Å². The molecule has 1 amide bonds. The van der Waals surface area contributed by atoms with E-state index < -0.39 is 0 Å². The molecule has 0 bridgehead atoms. The largest absolute Gasteiger partial charge is 0.339 e. The molecule has 3 nitrogen and oxygen atoms in total. The zero-order valence-electron chi connectivity index (χ0n) is 12.0. The van der Waals surface area contributed by atoms with Crippen LogP contribution in [0.15, 0.2) is 30.3 Å². The maximum Gasteiger partial charge on any atom is 0.246 e. The molecule has 1 aliphatic heterocycles. The SMILES string of the molecule is NC1CCCC2CN(C(=O)/C=C/c3ccc(Cl)cc3)CC12. The Morgan fingerprint density at radius 2 is 2.00 bits per heavy atom. The van der Waals surface area contributed by atoms with Gasteiger partial charge in [0.25, 0.3) is 0 Å². The molecule has 1 aliphatic carbocycles. The third kappa shape index (κ3) is 3.30. The molecule has 2 N–H and O–H groups in total. The molecule has 1 saturated carbocycles. The Labute approximate surface area is 130 Å². The van der Waals surface area contributed by atoms with Crippen LogP contribution in [0.3, 0.4) is 0 Å². The highest BCUT2D eigenvalue weighted by atomic mass is 35.5. The number of likely N-dealkylation sites (tertiary alicyclic amines) is 1. The van der Waals surface area contributed by atoms with E-state index in [2.05, 4.69) is 0 Å². The molecule has 3 rings (SSSR count). The summed E-state index contributed by atoms with van der Waals surface area (Å²) in [6.45, 7) is 1.68. The minimum Gasteiger partial charge on any atom is -0.339 e. The molecule has 1 heterocycles. The standard InChI is InChI=1S/C17H21ClN2O/c18-14-7-4-12(5-8-14)6-9-17(21)20-10-13-2-1-3-16(19)15(13)11-20/h4-9,13,15-16H,1-3,10-11,19H2/b9-6+. The Morgan fingerprint density at radius 3 is 2.71 bits per heavy atom. The van der Waals surface area contributed by atoms with E-state index in [0.29, 0.717) is 16.9 Å². The normalized spacial score (nSPS) is 28.9. The second-order valence-electron chi connectivity index (χ2n) is 6.15. The number of hydrogen-bond acceptors (Lipinski definition) is 2. The fourth-order valence-electron chi connectivity index (χ4n) is 3.54. The van der Waals surface area contributed by atoms with Crippen molar-refractivity contribution in [2.75, 3.05) is 13.1 Å². The summed E-state index contributed by atoms with van der Waals surface area (Å²) in [5.41, 5.74) is 7.18. The third-order valence-corrected chi connectivity index (χ3v) is 5.01. The number of fused-ring (bicyclic) bond motifs is 1. The summed E-state index contributed by atoms with van der Waals surface area (Å²) in [5, 5.41) is 0.705. The lowest BCUT2D eigenvalue weighted by molar-refractivity contribution is -0.125. The van der Waals surface area contributed by atoms with E-state index in [1.54, 1.807) is 6.08 Å². The molecule has 1 aromatic carbocycles. The van der Waals surface area contributed by atoms with Crippen LogP contribution in [0, 0.1) is 11.8 Å². The van der Waals surface area contributed by atoms with Crippen molar-refractivity contribution in [1.29, 1.82) is 0 Å². The van der Waals surface area contributed by atoms with Crippen LogP contribution in [-0.4, -0.2) is 29.9 Å². The number of rotatable bonds is 2. The molecular weight excluding hydrogens is 284 g/mol. The van der Waals surface area contributed by atoms with Gasteiger partial charge in [0.15, 0.2) is 0 Å². The van der Waals surface area contributed by atoms with E-state index in [9.17, 15) is 4.79 Å². The maximum absolute atomic E-state index is 12.3. The first-order chi connectivity index (χ1) is 10.1. The molecule has 21 heavy (non-hydrogen) atoms. The molecule has 3 unspecified atom stereocenters. The van der Waals surface area contributed by atoms with Crippen LogP contribution in [0.25, 0.3) is 6.08 Å². The van der Waals surface area contributed by atoms with Gasteiger partial charge in [0.1, 0.15) is 0 Å². The van der Waals surface area contributed by atoms with E-state index in [0.717, 1.165) is 25.1 Å². The van der Waals surface area contributed by atoms with E-state index in [4.69, 9.17) is 17.3 Å². The lowest BCUT2D eigenvalue weighted by atomic mass is 9.78. The lowest BCUT2D eigenvalue weighted by Gasteiger charge is -2.29. The Hall–Kier alpha value is -1.32. The molecule has 3 atom stereocenters. The van der Waals surface area contributed by atoms with Gasteiger partial charge in [-0.05, 0) is 48.4 Å². The quantitative estimate of drug-likeness (QED) is 0.854. The minimum absolute atomic E-state index is 0.0894. The molecule has 2 aliphatic rings. The summed E-state index contributed by atoms with van der Waals surface area (Å²) >= 11 is 5.85. The van der Waals surface area contributed by atoms with Crippen molar-refractivity contribution in [3.05, 3.63) is 40.9 Å². The van der Waals surface area contributed by atoms with E-state index in [1.807, 2.05) is 35.2 Å². The number of hydrogen-bond donors (Lipinski definition) is 1. The van der Waals surface area contributed by atoms with Gasteiger partial charge in [-0.2, -0.15) is 0 Å². The Bertz CT molecular complexity index is 540. The highest BCUT2D eigenvalue weighted by Gasteiger charge is 2.39. The van der Waals surface area contributed by atoms with Crippen molar-refractivity contribution >= 4 is 23.6 Å². The predicted molar refractivity (Wildman–Crippen MR) is 85.9 cm³/mol. The molecule has 4 heteroatoms. The van der Waals surface area contributed by atoms with Gasteiger partial charge < -0.3 is 10.6 Å². The second-order valence-corrected chi connectivity index (χ2v) is 6.58. The van der Waals surface area contributed by atoms with Gasteiger partial charge >= 0.3 is 0 Å². The summed E-state index contributed by atoms with van der Waals surface area (Å²) in [5.74, 6) is 1.18. The van der Waals surface area contributed by atoms with E-state index in [1.165, 1.54) is 12.8 Å². The number of nitrogens with zero attached hydrogens (tertiary/aromatic N) is 1.